The first-order valence-corrected chi connectivity index (χ1v) is 6.19. The molecule has 3 nitrogen and oxygen atoms in total. The summed E-state index contributed by atoms with van der Waals surface area (Å²) in [4.78, 5) is 0. The summed E-state index contributed by atoms with van der Waals surface area (Å²) in [7, 11) is 0. The van der Waals surface area contributed by atoms with Crippen LogP contribution in [0.15, 0.2) is 30.3 Å². The van der Waals surface area contributed by atoms with E-state index in [9.17, 15) is 0 Å². The van der Waals surface area contributed by atoms with Crippen molar-refractivity contribution in [1.29, 1.82) is 0 Å². The molecule has 0 atom stereocenters. The molecule has 0 unspecified atom stereocenters. The molecule has 0 fully saturated rings. The predicted octanol–water partition coefficient (Wildman–Crippen LogP) is 3.50. The third-order valence-electron chi connectivity index (χ3n) is 2.56. The lowest BCUT2D eigenvalue weighted by atomic mass is 10.3. The molecular formula is C13H16N2OS. The minimum Gasteiger partial charge on any atom is -0.494 e. The van der Waals surface area contributed by atoms with Crippen LogP contribution < -0.4 is 4.74 Å². The average Bonchev–Trinajstić information content (AvgIpc) is 2.72. The lowest BCUT2D eigenvalue weighted by Crippen LogP contribution is -1.98. The molecule has 0 radical (unpaired) electrons. The second-order valence-electron chi connectivity index (χ2n) is 3.74. The predicted molar refractivity (Wildman–Crippen MR) is 71.5 cm³/mol. The Balaban J connectivity index is 2.32. The molecule has 0 aliphatic carbocycles. The standard InChI is InChI=1S/C13H16N2OS/c1-3-10-9-13(17)15(14-10)11-5-7-12(8-6-11)16-4-2/h5-9,14H,3-4H2,1-2H3. The monoisotopic (exact) mass is 248 g/mol. The third-order valence-corrected chi connectivity index (χ3v) is 2.86. The van der Waals surface area contributed by atoms with Gasteiger partial charge in [0.1, 0.15) is 10.4 Å². The van der Waals surface area contributed by atoms with Gasteiger partial charge in [-0.3, -0.25) is 5.10 Å². The van der Waals surface area contributed by atoms with Gasteiger partial charge < -0.3 is 4.74 Å². The Bertz CT molecular complexity index is 539. The summed E-state index contributed by atoms with van der Waals surface area (Å²) in [6.45, 7) is 4.76. The fraction of sp³-hybridized carbons (Fsp3) is 0.308. The van der Waals surface area contributed by atoms with Crippen LogP contribution in [0.1, 0.15) is 19.5 Å². The Morgan fingerprint density at radius 3 is 2.47 bits per heavy atom. The van der Waals surface area contributed by atoms with E-state index in [1.165, 1.54) is 0 Å². The van der Waals surface area contributed by atoms with E-state index in [0.29, 0.717) is 6.61 Å². The van der Waals surface area contributed by atoms with Crippen LogP contribution in [0.25, 0.3) is 5.69 Å². The van der Waals surface area contributed by atoms with Gasteiger partial charge in [0.2, 0.25) is 0 Å². The van der Waals surface area contributed by atoms with Gasteiger partial charge in [0, 0.05) is 5.69 Å². The van der Waals surface area contributed by atoms with Gasteiger partial charge in [-0.25, -0.2) is 4.68 Å². The minimum absolute atomic E-state index is 0.682. The first-order valence-electron chi connectivity index (χ1n) is 5.78. The van der Waals surface area contributed by atoms with E-state index in [0.717, 1.165) is 28.2 Å². The molecule has 17 heavy (non-hydrogen) atoms. The number of hydrogen-bond donors (Lipinski definition) is 1. The number of nitrogens with one attached hydrogen (secondary N) is 1. The lowest BCUT2D eigenvalue weighted by Gasteiger charge is -2.06. The molecule has 0 bridgehead atoms. The van der Waals surface area contributed by atoms with Crippen molar-refractivity contribution in [2.24, 2.45) is 0 Å². The molecule has 0 spiro atoms. The molecule has 0 saturated carbocycles. The highest BCUT2D eigenvalue weighted by Crippen LogP contribution is 2.16. The smallest absolute Gasteiger partial charge is 0.127 e. The van der Waals surface area contributed by atoms with Gasteiger partial charge in [0.25, 0.3) is 0 Å². The van der Waals surface area contributed by atoms with Crippen LogP contribution in [-0.2, 0) is 6.42 Å². The summed E-state index contributed by atoms with van der Waals surface area (Å²) < 4.78 is 8.11. The number of aromatic nitrogens is 2. The summed E-state index contributed by atoms with van der Waals surface area (Å²) in [6, 6.07) is 9.89. The third kappa shape index (κ3) is 2.58. The second-order valence-corrected chi connectivity index (χ2v) is 4.15. The molecule has 1 heterocycles. The topological polar surface area (TPSA) is 29.9 Å². The van der Waals surface area contributed by atoms with E-state index in [2.05, 4.69) is 12.0 Å². The van der Waals surface area contributed by atoms with Gasteiger partial charge in [0.05, 0.1) is 12.3 Å². The molecule has 1 aromatic carbocycles. The molecular weight excluding hydrogens is 232 g/mol. The van der Waals surface area contributed by atoms with Crippen LogP contribution in [0.4, 0.5) is 0 Å². The molecule has 0 aliphatic heterocycles. The molecule has 1 aromatic heterocycles. The van der Waals surface area contributed by atoms with Crippen molar-refractivity contribution in [1.82, 2.24) is 9.78 Å². The zero-order valence-electron chi connectivity index (χ0n) is 10.1. The number of H-pyrrole nitrogens is 1. The highest BCUT2D eigenvalue weighted by molar-refractivity contribution is 7.71. The fourth-order valence-electron chi connectivity index (χ4n) is 1.68. The van der Waals surface area contributed by atoms with E-state index < -0.39 is 0 Å². The van der Waals surface area contributed by atoms with Crippen molar-refractivity contribution in [2.45, 2.75) is 20.3 Å². The van der Waals surface area contributed by atoms with Crippen molar-refractivity contribution in [3.63, 3.8) is 0 Å². The Morgan fingerprint density at radius 1 is 1.24 bits per heavy atom. The number of rotatable bonds is 4. The van der Waals surface area contributed by atoms with E-state index in [1.807, 2.05) is 41.9 Å². The summed E-state index contributed by atoms with van der Waals surface area (Å²) in [6.07, 6.45) is 0.952. The first-order chi connectivity index (χ1) is 8.24. The molecule has 0 amide bonds. The number of aryl methyl sites for hydroxylation is 1. The van der Waals surface area contributed by atoms with E-state index in [1.54, 1.807) is 0 Å². The van der Waals surface area contributed by atoms with Crippen LogP contribution in [0.3, 0.4) is 0 Å². The van der Waals surface area contributed by atoms with Gasteiger partial charge in [-0.1, -0.05) is 19.1 Å². The van der Waals surface area contributed by atoms with Crippen molar-refractivity contribution >= 4 is 12.2 Å². The Labute approximate surface area is 106 Å². The Hall–Kier alpha value is -1.55. The van der Waals surface area contributed by atoms with Gasteiger partial charge in [-0.2, -0.15) is 0 Å². The largest absolute Gasteiger partial charge is 0.494 e. The first kappa shape index (κ1) is 11.9. The maximum Gasteiger partial charge on any atom is 0.127 e. The molecule has 2 aromatic rings. The number of benzene rings is 1. The number of aromatic amines is 1. The lowest BCUT2D eigenvalue weighted by molar-refractivity contribution is 0.340. The fourth-order valence-corrected chi connectivity index (χ4v) is 1.97. The Kier molecular flexibility index (Phi) is 3.64. The van der Waals surface area contributed by atoms with Gasteiger partial charge in [-0.05, 0) is 43.7 Å². The van der Waals surface area contributed by atoms with Crippen LogP contribution >= 0.6 is 12.2 Å². The maximum absolute atomic E-state index is 5.41. The Morgan fingerprint density at radius 2 is 1.94 bits per heavy atom. The van der Waals surface area contributed by atoms with Gasteiger partial charge in [-0.15, -0.1) is 0 Å². The summed E-state index contributed by atoms with van der Waals surface area (Å²) in [5.41, 5.74) is 2.17. The van der Waals surface area contributed by atoms with Crippen LogP contribution in [0.5, 0.6) is 5.75 Å². The molecule has 4 heteroatoms. The summed E-state index contributed by atoms with van der Waals surface area (Å²) in [5.74, 6) is 0.880. The zero-order chi connectivity index (χ0) is 12.3. The molecule has 90 valence electrons. The van der Waals surface area contributed by atoms with Crippen LogP contribution in [0, 0.1) is 4.64 Å². The molecule has 0 saturated heterocycles. The molecule has 0 aliphatic rings. The van der Waals surface area contributed by atoms with Crippen LogP contribution in [0.2, 0.25) is 0 Å². The van der Waals surface area contributed by atoms with E-state index >= 15 is 0 Å². The second kappa shape index (κ2) is 5.19. The number of hydrogen-bond acceptors (Lipinski definition) is 2. The van der Waals surface area contributed by atoms with Crippen LogP contribution in [-0.4, -0.2) is 16.4 Å². The van der Waals surface area contributed by atoms with Crippen molar-refractivity contribution in [2.75, 3.05) is 6.61 Å². The van der Waals surface area contributed by atoms with E-state index in [4.69, 9.17) is 17.0 Å². The van der Waals surface area contributed by atoms with Gasteiger partial charge in [0.15, 0.2) is 0 Å². The highest BCUT2D eigenvalue weighted by atomic mass is 32.1. The maximum atomic E-state index is 5.41. The van der Waals surface area contributed by atoms with Crippen molar-refractivity contribution in [3.05, 3.63) is 40.7 Å². The van der Waals surface area contributed by atoms with Gasteiger partial charge >= 0.3 is 0 Å². The molecule has 1 N–H and O–H groups in total. The average molecular weight is 248 g/mol. The minimum atomic E-state index is 0.682. The van der Waals surface area contributed by atoms with Crippen molar-refractivity contribution in [3.8, 4) is 11.4 Å². The zero-order valence-corrected chi connectivity index (χ0v) is 10.9. The summed E-state index contributed by atoms with van der Waals surface area (Å²) in [5, 5.41) is 3.27. The normalized spacial score (nSPS) is 10.5. The molecule has 2 rings (SSSR count). The number of nitrogens with zero attached hydrogens (tertiary/aromatic N) is 1. The summed E-state index contributed by atoms with van der Waals surface area (Å²) >= 11 is 5.31. The van der Waals surface area contributed by atoms with Crippen molar-refractivity contribution < 1.29 is 4.74 Å². The van der Waals surface area contributed by atoms with E-state index in [-0.39, 0.29) is 0 Å². The SMILES string of the molecule is CCOc1ccc(-n2[nH]c(CC)cc2=S)cc1. The number of ether oxygens (including phenoxy) is 1. The highest BCUT2D eigenvalue weighted by Gasteiger charge is 2.01. The quantitative estimate of drug-likeness (QED) is 0.839.